The van der Waals surface area contributed by atoms with Gasteiger partial charge >= 0.3 is 0 Å². The molecule has 0 saturated heterocycles. The first-order valence-corrected chi connectivity index (χ1v) is 6.86. The Labute approximate surface area is 128 Å². The molecule has 0 aliphatic carbocycles. The van der Waals surface area contributed by atoms with Crippen LogP contribution in [0.4, 0.5) is 10.1 Å². The molecule has 0 radical (unpaired) electrons. The normalized spacial score (nSPS) is 11.9. The van der Waals surface area contributed by atoms with Crippen molar-refractivity contribution in [1.29, 1.82) is 0 Å². The van der Waals surface area contributed by atoms with E-state index in [-0.39, 0.29) is 11.9 Å². The largest absolute Gasteiger partial charge is 0.497 e. The van der Waals surface area contributed by atoms with Gasteiger partial charge in [-0.15, -0.1) is 0 Å². The summed E-state index contributed by atoms with van der Waals surface area (Å²) in [6, 6.07) is 9.80. The van der Waals surface area contributed by atoms with E-state index in [1.165, 1.54) is 13.2 Å². The topological polar surface area (TPSA) is 30.5 Å². The molecule has 1 atom stereocenters. The van der Waals surface area contributed by atoms with Gasteiger partial charge in [0, 0.05) is 16.7 Å². The Bertz CT molecular complexity index is 634. The van der Waals surface area contributed by atoms with Crippen LogP contribution in [0.25, 0.3) is 0 Å². The van der Waals surface area contributed by atoms with Crippen molar-refractivity contribution in [3.05, 3.63) is 52.8 Å². The molecule has 2 aromatic rings. The van der Waals surface area contributed by atoms with Gasteiger partial charge in [-0.25, -0.2) is 4.39 Å². The number of hydrogen-bond acceptors (Lipinski definition) is 3. The maximum Gasteiger partial charge on any atom is 0.142 e. The lowest BCUT2D eigenvalue weighted by Crippen LogP contribution is -2.09. The summed E-state index contributed by atoms with van der Waals surface area (Å²) >= 11 is 5.99. The molecular formula is C16H17ClFNO2. The number of anilines is 1. The summed E-state index contributed by atoms with van der Waals surface area (Å²) < 4.78 is 24.3. The summed E-state index contributed by atoms with van der Waals surface area (Å²) in [5, 5.41) is 3.79. The maximum atomic E-state index is 14.1. The Hall–Kier alpha value is -1.94. The fraction of sp³-hybridized carbons (Fsp3) is 0.250. The molecule has 1 unspecified atom stereocenters. The number of rotatable bonds is 5. The summed E-state index contributed by atoms with van der Waals surface area (Å²) in [5.41, 5.74) is 1.26. The standard InChI is InChI=1S/C16H17ClFNO2/c1-10(13-6-5-12(20-2)9-14(13)18)19-15-8-11(17)4-7-16(15)21-3/h4-10,19H,1-3H3. The minimum atomic E-state index is -0.324. The van der Waals surface area contributed by atoms with E-state index in [0.29, 0.717) is 27.8 Å². The average molecular weight is 310 g/mol. The molecule has 0 saturated carbocycles. The van der Waals surface area contributed by atoms with Crippen LogP contribution in [0.15, 0.2) is 36.4 Å². The highest BCUT2D eigenvalue weighted by Crippen LogP contribution is 2.32. The highest BCUT2D eigenvalue weighted by molar-refractivity contribution is 6.30. The van der Waals surface area contributed by atoms with Gasteiger partial charge in [-0.05, 0) is 31.2 Å². The van der Waals surface area contributed by atoms with Gasteiger partial charge in [0.15, 0.2) is 0 Å². The molecular weight excluding hydrogens is 293 g/mol. The monoisotopic (exact) mass is 309 g/mol. The van der Waals surface area contributed by atoms with E-state index in [2.05, 4.69) is 5.32 Å². The number of halogens is 2. The van der Waals surface area contributed by atoms with E-state index in [0.717, 1.165) is 0 Å². The van der Waals surface area contributed by atoms with Gasteiger partial charge in [-0.3, -0.25) is 0 Å². The van der Waals surface area contributed by atoms with E-state index in [1.807, 2.05) is 6.92 Å². The lowest BCUT2D eigenvalue weighted by Gasteiger charge is -2.19. The molecule has 0 aliphatic rings. The fourth-order valence-corrected chi connectivity index (χ4v) is 2.26. The van der Waals surface area contributed by atoms with Gasteiger partial charge in [0.1, 0.15) is 17.3 Å². The summed E-state index contributed by atoms with van der Waals surface area (Å²) in [6.07, 6.45) is 0. The van der Waals surface area contributed by atoms with Gasteiger partial charge < -0.3 is 14.8 Å². The first kappa shape index (κ1) is 15.4. The number of methoxy groups -OCH3 is 2. The third-order valence-electron chi connectivity index (χ3n) is 3.21. The molecule has 0 aliphatic heterocycles. The highest BCUT2D eigenvalue weighted by atomic mass is 35.5. The minimum Gasteiger partial charge on any atom is -0.497 e. The van der Waals surface area contributed by atoms with Crippen LogP contribution in [0.5, 0.6) is 11.5 Å². The Morgan fingerprint density at radius 1 is 1.10 bits per heavy atom. The molecule has 0 bridgehead atoms. The first-order valence-electron chi connectivity index (χ1n) is 6.48. The Balaban J connectivity index is 2.25. The Kier molecular flexibility index (Phi) is 4.91. The van der Waals surface area contributed by atoms with Crippen molar-refractivity contribution < 1.29 is 13.9 Å². The van der Waals surface area contributed by atoms with Crippen molar-refractivity contribution in [2.75, 3.05) is 19.5 Å². The Morgan fingerprint density at radius 3 is 2.48 bits per heavy atom. The van der Waals surface area contributed by atoms with E-state index < -0.39 is 0 Å². The molecule has 3 nitrogen and oxygen atoms in total. The smallest absolute Gasteiger partial charge is 0.142 e. The van der Waals surface area contributed by atoms with E-state index in [4.69, 9.17) is 21.1 Å². The van der Waals surface area contributed by atoms with Crippen molar-refractivity contribution in [3.8, 4) is 11.5 Å². The highest BCUT2D eigenvalue weighted by Gasteiger charge is 2.14. The predicted octanol–water partition coefficient (Wildman–Crippen LogP) is 4.67. The fourth-order valence-electron chi connectivity index (χ4n) is 2.09. The minimum absolute atomic E-state index is 0.247. The van der Waals surface area contributed by atoms with Crippen molar-refractivity contribution in [1.82, 2.24) is 0 Å². The molecule has 0 amide bonds. The van der Waals surface area contributed by atoms with E-state index in [9.17, 15) is 4.39 Å². The van der Waals surface area contributed by atoms with Gasteiger partial charge in [-0.1, -0.05) is 17.7 Å². The van der Waals surface area contributed by atoms with Crippen LogP contribution in [0.3, 0.4) is 0 Å². The zero-order valence-electron chi connectivity index (χ0n) is 12.1. The lowest BCUT2D eigenvalue weighted by atomic mass is 10.1. The van der Waals surface area contributed by atoms with Crippen molar-refractivity contribution in [3.63, 3.8) is 0 Å². The second-order valence-electron chi connectivity index (χ2n) is 4.60. The molecule has 0 aromatic heterocycles. The van der Waals surface area contributed by atoms with Crippen LogP contribution in [0, 0.1) is 5.82 Å². The van der Waals surface area contributed by atoms with E-state index in [1.54, 1.807) is 37.4 Å². The van der Waals surface area contributed by atoms with Crippen LogP contribution in [0.2, 0.25) is 5.02 Å². The Morgan fingerprint density at radius 2 is 1.86 bits per heavy atom. The molecule has 5 heteroatoms. The van der Waals surface area contributed by atoms with Crippen molar-refractivity contribution >= 4 is 17.3 Å². The molecule has 1 N–H and O–H groups in total. The van der Waals surface area contributed by atoms with E-state index >= 15 is 0 Å². The first-order chi connectivity index (χ1) is 10.0. The summed E-state index contributed by atoms with van der Waals surface area (Å²) in [5.74, 6) is 0.819. The molecule has 2 aromatic carbocycles. The molecule has 0 heterocycles. The second-order valence-corrected chi connectivity index (χ2v) is 5.03. The van der Waals surface area contributed by atoms with Crippen LogP contribution in [-0.2, 0) is 0 Å². The van der Waals surface area contributed by atoms with Crippen LogP contribution < -0.4 is 14.8 Å². The molecule has 112 valence electrons. The lowest BCUT2D eigenvalue weighted by molar-refractivity contribution is 0.410. The summed E-state index contributed by atoms with van der Waals surface area (Å²) in [7, 11) is 3.08. The maximum absolute atomic E-state index is 14.1. The zero-order chi connectivity index (χ0) is 15.4. The van der Waals surface area contributed by atoms with Crippen LogP contribution in [-0.4, -0.2) is 14.2 Å². The second kappa shape index (κ2) is 6.68. The quantitative estimate of drug-likeness (QED) is 0.870. The van der Waals surface area contributed by atoms with Crippen molar-refractivity contribution in [2.24, 2.45) is 0 Å². The summed E-state index contributed by atoms with van der Waals surface area (Å²) in [4.78, 5) is 0. The molecule has 0 spiro atoms. The van der Waals surface area contributed by atoms with Gasteiger partial charge in [0.05, 0.1) is 25.9 Å². The van der Waals surface area contributed by atoms with Crippen LogP contribution in [0.1, 0.15) is 18.5 Å². The number of nitrogens with one attached hydrogen (secondary N) is 1. The third kappa shape index (κ3) is 3.58. The predicted molar refractivity (Wildman–Crippen MR) is 83.0 cm³/mol. The summed E-state index contributed by atoms with van der Waals surface area (Å²) in [6.45, 7) is 1.87. The molecule has 0 fully saturated rings. The SMILES string of the molecule is COc1ccc(C(C)Nc2cc(Cl)ccc2OC)c(F)c1. The molecule has 2 rings (SSSR count). The number of benzene rings is 2. The molecule has 21 heavy (non-hydrogen) atoms. The van der Waals surface area contributed by atoms with Gasteiger partial charge in [-0.2, -0.15) is 0 Å². The van der Waals surface area contributed by atoms with Crippen LogP contribution >= 0.6 is 11.6 Å². The number of ether oxygens (including phenoxy) is 2. The average Bonchev–Trinajstić information content (AvgIpc) is 2.47. The van der Waals surface area contributed by atoms with Crippen molar-refractivity contribution in [2.45, 2.75) is 13.0 Å². The van der Waals surface area contributed by atoms with Gasteiger partial charge in [0.2, 0.25) is 0 Å². The number of hydrogen-bond donors (Lipinski definition) is 1. The van der Waals surface area contributed by atoms with Gasteiger partial charge in [0.25, 0.3) is 0 Å². The third-order valence-corrected chi connectivity index (χ3v) is 3.44. The zero-order valence-corrected chi connectivity index (χ0v) is 12.9.